The summed E-state index contributed by atoms with van der Waals surface area (Å²) in [4.78, 5) is 59.8. The summed E-state index contributed by atoms with van der Waals surface area (Å²) in [5.74, 6) is 0.414. The number of amides is 3. The molecule has 2 saturated heterocycles. The largest absolute Gasteiger partial charge is 0.474 e. The number of carbonyl (C=O) groups excluding carboxylic acids is 4. The van der Waals surface area contributed by atoms with Crippen molar-refractivity contribution >= 4 is 40.9 Å². The van der Waals surface area contributed by atoms with Crippen molar-refractivity contribution in [2.45, 2.75) is 59.2 Å². The molecule has 11 nitrogen and oxygen atoms in total. The molecule has 0 aliphatic carbocycles. The number of rotatable bonds is 7. The summed E-state index contributed by atoms with van der Waals surface area (Å²) in [5, 5.41) is -0.474. The Morgan fingerprint density at radius 3 is 2.50 bits per heavy atom. The molecule has 2 aliphatic rings. The van der Waals surface area contributed by atoms with Crippen molar-refractivity contribution in [1.29, 1.82) is 0 Å². The monoisotopic (exact) mass is 568 g/mol. The molecule has 4 rings (SSSR count). The molecule has 0 saturated carbocycles. The van der Waals surface area contributed by atoms with Gasteiger partial charge in [-0.3, -0.25) is 19.3 Å². The quantitative estimate of drug-likeness (QED) is 0.422. The zero-order valence-corrected chi connectivity index (χ0v) is 23.9. The fourth-order valence-corrected chi connectivity index (χ4v) is 4.91. The van der Waals surface area contributed by atoms with E-state index in [0.29, 0.717) is 54.6 Å². The number of ketones is 1. The summed E-state index contributed by atoms with van der Waals surface area (Å²) < 4.78 is 17.6. The highest BCUT2D eigenvalue weighted by atomic mass is 32.2. The lowest BCUT2D eigenvalue weighted by molar-refractivity contribution is -0.127. The minimum absolute atomic E-state index is 0.123. The Morgan fingerprint density at radius 2 is 1.82 bits per heavy atom. The van der Waals surface area contributed by atoms with Gasteiger partial charge in [0.15, 0.2) is 0 Å². The van der Waals surface area contributed by atoms with Crippen LogP contribution in [-0.2, 0) is 14.3 Å². The van der Waals surface area contributed by atoms with Crippen LogP contribution in [0, 0.1) is 6.92 Å². The molecule has 0 N–H and O–H groups in total. The predicted octanol–water partition coefficient (Wildman–Crippen LogP) is 4.98. The molecule has 3 heterocycles. The van der Waals surface area contributed by atoms with Gasteiger partial charge in [-0.2, -0.15) is 0 Å². The number of Topliss-reactive ketones (excluding diaryl/α,β-unsaturated/α-hetero) is 1. The Kier molecular flexibility index (Phi) is 8.77. The second kappa shape index (κ2) is 12.1. The van der Waals surface area contributed by atoms with E-state index in [9.17, 15) is 19.2 Å². The minimum Gasteiger partial charge on any atom is -0.474 e. The van der Waals surface area contributed by atoms with Crippen LogP contribution >= 0.6 is 11.8 Å². The molecule has 0 unspecified atom stereocenters. The molecule has 3 amide bonds. The van der Waals surface area contributed by atoms with Crippen LogP contribution in [-0.4, -0.2) is 74.1 Å². The van der Waals surface area contributed by atoms with Gasteiger partial charge < -0.3 is 19.1 Å². The first kappa shape index (κ1) is 29.1. The third kappa shape index (κ3) is 7.38. The molecule has 212 valence electrons. The first-order valence-electron chi connectivity index (χ1n) is 12.9. The Labute approximate surface area is 236 Å². The maximum atomic E-state index is 12.6. The van der Waals surface area contributed by atoms with Crippen molar-refractivity contribution in [2.75, 3.05) is 19.6 Å². The molecule has 2 aromatic rings. The smallest absolute Gasteiger partial charge is 0.410 e. The molecule has 12 heteroatoms. The Hall–Kier alpha value is -3.93. The number of hydrogen-bond acceptors (Lipinski definition) is 10. The number of imide groups is 1. The topological polar surface area (TPSA) is 128 Å². The maximum absolute atomic E-state index is 12.6. The summed E-state index contributed by atoms with van der Waals surface area (Å²) in [6.07, 6.45) is 3.78. The van der Waals surface area contributed by atoms with E-state index in [0.717, 1.165) is 16.7 Å². The zero-order chi connectivity index (χ0) is 29.0. The number of thioether (sulfide) groups is 1. The van der Waals surface area contributed by atoms with Gasteiger partial charge in [-0.1, -0.05) is 12.1 Å². The van der Waals surface area contributed by atoms with E-state index in [1.165, 1.54) is 13.3 Å². The van der Waals surface area contributed by atoms with Crippen molar-refractivity contribution in [3.05, 3.63) is 46.6 Å². The second-order valence-electron chi connectivity index (χ2n) is 10.5. The highest BCUT2D eigenvalue weighted by Crippen LogP contribution is 2.34. The van der Waals surface area contributed by atoms with Crippen molar-refractivity contribution in [3.63, 3.8) is 0 Å². The fourth-order valence-electron chi connectivity index (χ4n) is 4.07. The first-order valence-corrected chi connectivity index (χ1v) is 13.7. The van der Waals surface area contributed by atoms with Crippen LogP contribution in [0.15, 0.2) is 35.5 Å². The Bertz CT molecular complexity index is 1350. The Balaban J connectivity index is 1.40. The third-order valence-corrected chi connectivity index (χ3v) is 6.90. The summed E-state index contributed by atoms with van der Waals surface area (Å²) in [6.45, 7) is 9.45. The van der Waals surface area contributed by atoms with Crippen LogP contribution in [0.5, 0.6) is 17.5 Å². The first-order chi connectivity index (χ1) is 18.9. The normalized spacial score (nSPS) is 17.4. The molecule has 0 spiro atoms. The number of benzene rings is 1. The van der Waals surface area contributed by atoms with Crippen LogP contribution < -0.4 is 9.47 Å². The van der Waals surface area contributed by atoms with Gasteiger partial charge in [-0.05, 0) is 70.2 Å². The number of hydrogen-bond donors (Lipinski definition) is 0. The summed E-state index contributed by atoms with van der Waals surface area (Å²) in [7, 11) is 0. The van der Waals surface area contributed by atoms with Crippen molar-refractivity contribution in [1.82, 2.24) is 19.8 Å². The zero-order valence-electron chi connectivity index (χ0n) is 23.1. The van der Waals surface area contributed by atoms with E-state index in [1.54, 1.807) is 42.2 Å². The number of ether oxygens (including phenoxy) is 3. The lowest BCUT2D eigenvalue weighted by Gasteiger charge is -2.33. The van der Waals surface area contributed by atoms with E-state index >= 15 is 0 Å². The summed E-state index contributed by atoms with van der Waals surface area (Å²) in [5.41, 5.74) is 0.720. The molecule has 40 heavy (non-hydrogen) atoms. The maximum Gasteiger partial charge on any atom is 0.410 e. The van der Waals surface area contributed by atoms with Gasteiger partial charge in [0.25, 0.3) is 11.1 Å². The SMILES string of the molecule is CC(=O)CN1C(=O)S/C(=C\c2cccc(Oc3ncnc(OC4CCN(C(=O)OC(C)(C)C)CC4)c3C)c2)C1=O. The lowest BCUT2D eigenvalue weighted by atomic mass is 10.1. The summed E-state index contributed by atoms with van der Waals surface area (Å²) in [6, 6.07) is 6.99. The molecular weight excluding hydrogens is 536 g/mol. The van der Waals surface area contributed by atoms with Gasteiger partial charge in [0.2, 0.25) is 11.8 Å². The van der Waals surface area contributed by atoms with Gasteiger partial charge in [0.05, 0.1) is 17.0 Å². The fraction of sp³-hybridized carbons (Fsp3) is 0.429. The molecule has 0 atom stereocenters. The highest BCUT2D eigenvalue weighted by molar-refractivity contribution is 8.18. The van der Waals surface area contributed by atoms with E-state index in [-0.39, 0.29) is 29.4 Å². The average Bonchev–Trinajstić information content (AvgIpc) is 3.13. The molecular formula is C28H32N4O7S. The van der Waals surface area contributed by atoms with Gasteiger partial charge in [-0.15, -0.1) is 0 Å². The number of likely N-dealkylation sites (tertiary alicyclic amines) is 1. The van der Waals surface area contributed by atoms with Crippen LogP contribution in [0.25, 0.3) is 6.08 Å². The van der Waals surface area contributed by atoms with Crippen molar-refractivity contribution < 1.29 is 33.4 Å². The number of aromatic nitrogens is 2. The highest BCUT2D eigenvalue weighted by Gasteiger charge is 2.35. The second-order valence-corrected chi connectivity index (χ2v) is 11.5. The Morgan fingerprint density at radius 1 is 1.12 bits per heavy atom. The van der Waals surface area contributed by atoms with Crippen LogP contribution in [0.1, 0.15) is 51.7 Å². The van der Waals surface area contributed by atoms with E-state index in [2.05, 4.69) is 9.97 Å². The molecule has 1 aromatic carbocycles. The lowest BCUT2D eigenvalue weighted by Crippen LogP contribution is -2.44. The van der Waals surface area contributed by atoms with Crippen molar-refractivity contribution in [3.8, 4) is 17.5 Å². The van der Waals surface area contributed by atoms with E-state index < -0.39 is 16.7 Å². The van der Waals surface area contributed by atoms with E-state index in [1.807, 2.05) is 20.8 Å². The molecule has 0 bridgehead atoms. The van der Waals surface area contributed by atoms with Crippen LogP contribution in [0.2, 0.25) is 0 Å². The third-order valence-electron chi connectivity index (χ3n) is 5.99. The molecule has 1 aromatic heterocycles. The van der Waals surface area contributed by atoms with Gasteiger partial charge in [0, 0.05) is 25.9 Å². The molecule has 0 radical (unpaired) electrons. The van der Waals surface area contributed by atoms with Gasteiger partial charge in [0.1, 0.15) is 29.6 Å². The van der Waals surface area contributed by atoms with E-state index in [4.69, 9.17) is 14.2 Å². The van der Waals surface area contributed by atoms with Gasteiger partial charge >= 0.3 is 6.09 Å². The van der Waals surface area contributed by atoms with Gasteiger partial charge in [-0.25, -0.2) is 14.8 Å². The predicted molar refractivity (Wildman–Crippen MR) is 148 cm³/mol. The number of piperidine rings is 1. The molecule has 2 aliphatic heterocycles. The minimum atomic E-state index is -0.543. The van der Waals surface area contributed by atoms with Crippen LogP contribution in [0.4, 0.5) is 9.59 Å². The number of nitrogens with zero attached hydrogens (tertiary/aromatic N) is 4. The summed E-state index contributed by atoms with van der Waals surface area (Å²) >= 11 is 0.793. The number of carbonyl (C=O) groups is 4. The standard InChI is InChI=1S/C28H32N4O7S/c1-17(33)15-32-25(34)22(40-27(32)36)14-19-7-6-8-21(13-19)38-24-18(2)23(29-16-30-24)37-20-9-11-31(12-10-20)26(35)39-28(3,4)5/h6-8,13-14,16,20H,9-12,15H2,1-5H3/b22-14-. The average molecular weight is 569 g/mol. The molecule has 2 fully saturated rings. The van der Waals surface area contributed by atoms with Crippen LogP contribution in [0.3, 0.4) is 0 Å². The van der Waals surface area contributed by atoms with Crippen molar-refractivity contribution in [2.24, 2.45) is 0 Å².